The van der Waals surface area contributed by atoms with Gasteiger partial charge in [0.1, 0.15) is 11.6 Å². The molecule has 0 spiro atoms. The maximum Gasteiger partial charge on any atom is 0.164 e. The van der Waals surface area contributed by atoms with Crippen molar-refractivity contribution >= 4 is 0 Å². The van der Waals surface area contributed by atoms with Crippen LogP contribution in [0, 0.1) is 6.07 Å². The summed E-state index contributed by atoms with van der Waals surface area (Å²) in [6.07, 6.45) is 27.3. The molecule has 0 saturated carbocycles. The van der Waals surface area contributed by atoms with Crippen LogP contribution in [0.25, 0.3) is 33.8 Å². The standard InChI is InChI=1S/C48H67N4.Ir/c1-7-10-13-16-19-24-33-48(34-25-20-17-14-11-8-2)41-27-23-22-26-39(41)40-31-29-37(35-42(40)48)43-32-30-38(36-49-43)45-50-44(28-21-18-15-12-9-3)51-46(52-45)47(4,5)6;/h22-23,26-27,30-32,35-36H,7-21,24-25,28,33-34H2,1-6H3;/q-1;. The van der Waals surface area contributed by atoms with Gasteiger partial charge in [-0.25, -0.2) is 15.0 Å². The number of nitrogens with zero attached hydrogens (tertiary/aromatic N) is 4. The molecule has 4 nitrogen and oxygen atoms in total. The van der Waals surface area contributed by atoms with Crippen LogP contribution in [0.4, 0.5) is 0 Å². The Hall–Kier alpha value is -2.75. The van der Waals surface area contributed by atoms with Gasteiger partial charge >= 0.3 is 0 Å². The van der Waals surface area contributed by atoms with E-state index in [1.165, 1.54) is 138 Å². The molecule has 2 aromatic heterocycles. The molecule has 0 aliphatic heterocycles. The van der Waals surface area contributed by atoms with Gasteiger partial charge in [-0.3, -0.25) is 0 Å². The molecule has 0 unspecified atom stereocenters. The molecule has 53 heavy (non-hydrogen) atoms. The van der Waals surface area contributed by atoms with Gasteiger partial charge in [-0.2, -0.15) is 0 Å². The van der Waals surface area contributed by atoms with Crippen LogP contribution in [0.1, 0.15) is 186 Å². The molecule has 5 rings (SSSR count). The zero-order valence-electron chi connectivity index (χ0n) is 34.0. The molecule has 0 N–H and O–H groups in total. The van der Waals surface area contributed by atoms with Gasteiger partial charge in [0.15, 0.2) is 5.82 Å². The molecule has 2 heterocycles. The average molecular weight is 892 g/mol. The third-order valence-electron chi connectivity index (χ3n) is 11.3. The van der Waals surface area contributed by atoms with Gasteiger partial charge in [0, 0.05) is 49.1 Å². The molecule has 2 aromatic carbocycles. The number of unbranched alkanes of at least 4 members (excludes halogenated alkanes) is 14. The predicted molar refractivity (Wildman–Crippen MR) is 221 cm³/mol. The first-order valence-corrected chi connectivity index (χ1v) is 21.2. The minimum Gasteiger partial charge on any atom is -0.304 e. The van der Waals surface area contributed by atoms with Crippen molar-refractivity contribution in [3.63, 3.8) is 0 Å². The number of pyridine rings is 1. The molecular formula is C48H67IrN4-. The van der Waals surface area contributed by atoms with Gasteiger partial charge in [-0.1, -0.05) is 192 Å². The molecule has 1 aliphatic rings. The molecule has 0 amide bonds. The van der Waals surface area contributed by atoms with Crippen molar-refractivity contribution in [2.45, 2.75) is 181 Å². The van der Waals surface area contributed by atoms with E-state index in [1.807, 2.05) is 6.20 Å². The monoisotopic (exact) mass is 893 g/mol. The maximum atomic E-state index is 5.04. The Labute approximate surface area is 336 Å². The maximum absolute atomic E-state index is 5.04. The van der Waals surface area contributed by atoms with Crippen molar-refractivity contribution < 1.29 is 20.1 Å². The summed E-state index contributed by atoms with van der Waals surface area (Å²) in [5.74, 6) is 2.48. The van der Waals surface area contributed by atoms with Crippen molar-refractivity contribution in [1.29, 1.82) is 0 Å². The molecular weight excluding hydrogens is 825 g/mol. The van der Waals surface area contributed by atoms with Crippen LogP contribution >= 0.6 is 0 Å². The molecule has 0 fully saturated rings. The van der Waals surface area contributed by atoms with E-state index in [2.05, 4.69) is 96.1 Å². The van der Waals surface area contributed by atoms with Crippen molar-refractivity contribution in [2.24, 2.45) is 0 Å². The minimum atomic E-state index is -0.156. The molecule has 0 saturated heterocycles. The van der Waals surface area contributed by atoms with Crippen LogP contribution in [0.2, 0.25) is 0 Å². The van der Waals surface area contributed by atoms with E-state index in [9.17, 15) is 0 Å². The first kappa shape index (κ1) is 43.0. The second-order valence-electron chi connectivity index (χ2n) is 16.6. The summed E-state index contributed by atoms with van der Waals surface area (Å²) in [5.41, 5.74) is 8.67. The number of benzene rings is 2. The van der Waals surface area contributed by atoms with Gasteiger partial charge in [0.2, 0.25) is 0 Å². The summed E-state index contributed by atoms with van der Waals surface area (Å²) in [7, 11) is 0. The largest absolute Gasteiger partial charge is 0.304 e. The summed E-state index contributed by atoms with van der Waals surface area (Å²) < 4.78 is 0. The summed E-state index contributed by atoms with van der Waals surface area (Å²) >= 11 is 0. The number of aromatic nitrogens is 4. The fourth-order valence-electron chi connectivity index (χ4n) is 8.18. The first-order chi connectivity index (χ1) is 25.3. The van der Waals surface area contributed by atoms with Crippen LogP contribution in [0.3, 0.4) is 0 Å². The summed E-state index contributed by atoms with van der Waals surface area (Å²) in [4.78, 5) is 19.9. The number of fused-ring (bicyclic) bond motifs is 3. The summed E-state index contributed by atoms with van der Waals surface area (Å²) in [6.45, 7) is 13.4. The Kier molecular flexibility index (Phi) is 17.3. The zero-order chi connectivity index (χ0) is 36.8. The Morgan fingerprint density at radius 1 is 0.623 bits per heavy atom. The van der Waals surface area contributed by atoms with Gasteiger partial charge in [-0.15, -0.1) is 29.3 Å². The van der Waals surface area contributed by atoms with Crippen molar-refractivity contribution in [3.8, 4) is 33.8 Å². The minimum absolute atomic E-state index is 0. The van der Waals surface area contributed by atoms with Crippen molar-refractivity contribution in [1.82, 2.24) is 19.9 Å². The Morgan fingerprint density at radius 2 is 1.23 bits per heavy atom. The van der Waals surface area contributed by atoms with Gasteiger partial charge in [0.05, 0.1) is 0 Å². The number of hydrogen-bond donors (Lipinski definition) is 0. The van der Waals surface area contributed by atoms with Gasteiger partial charge in [0.25, 0.3) is 0 Å². The van der Waals surface area contributed by atoms with Crippen LogP contribution in [0.15, 0.2) is 54.7 Å². The topological polar surface area (TPSA) is 51.6 Å². The Morgan fingerprint density at radius 3 is 1.83 bits per heavy atom. The van der Waals surface area contributed by atoms with Crippen LogP contribution in [-0.2, 0) is 37.4 Å². The molecule has 1 radical (unpaired) electrons. The van der Waals surface area contributed by atoms with Crippen molar-refractivity contribution in [2.75, 3.05) is 0 Å². The molecule has 289 valence electrons. The zero-order valence-corrected chi connectivity index (χ0v) is 36.4. The Balaban J connectivity index is 0.00000627. The fraction of sp³-hybridized carbons (Fsp3) is 0.583. The fourth-order valence-corrected chi connectivity index (χ4v) is 8.18. The van der Waals surface area contributed by atoms with E-state index in [0.29, 0.717) is 0 Å². The molecule has 1 aliphatic carbocycles. The third kappa shape index (κ3) is 11.4. The van der Waals surface area contributed by atoms with Crippen LogP contribution in [0.5, 0.6) is 0 Å². The number of hydrogen-bond acceptors (Lipinski definition) is 4. The average Bonchev–Trinajstić information content (AvgIpc) is 3.43. The molecule has 0 atom stereocenters. The van der Waals surface area contributed by atoms with E-state index in [1.54, 1.807) is 0 Å². The van der Waals surface area contributed by atoms with E-state index < -0.39 is 0 Å². The van der Waals surface area contributed by atoms with Gasteiger partial charge in [-0.05, 0) is 30.5 Å². The van der Waals surface area contributed by atoms with Gasteiger partial charge < -0.3 is 4.98 Å². The van der Waals surface area contributed by atoms with Crippen LogP contribution in [-0.4, -0.2) is 19.9 Å². The summed E-state index contributed by atoms with van der Waals surface area (Å²) in [6, 6.07) is 21.9. The molecule has 0 bridgehead atoms. The second-order valence-corrected chi connectivity index (χ2v) is 16.6. The molecule has 5 heteroatoms. The third-order valence-corrected chi connectivity index (χ3v) is 11.3. The molecule has 4 aromatic rings. The summed E-state index contributed by atoms with van der Waals surface area (Å²) in [5, 5.41) is 0. The SMILES string of the molecule is CCCCCCCCC1(CCCCCCCC)c2ccccc2-c2c[c-]c(-c3ccc(-c4nc(CCCCCCC)nc(C(C)(C)C)n4)cn3)cc21.[Ir]. The van der Waals surface area contributed by atoms with Crippen LogP contribution < -0.4 is 0 Å². The number of aryl methyl sites for hydroxylation is 1. The van der Waals surface area contributed by atoms with E-state index >= 15 is 0 Å². The van der Waals surface area contributed by atoms with Crippen molar-refractivity contribution in [3.05, 3.63) is 83.6 Å². The van der Waals surface area contributed by atoms with E-state index in [4.69, 9.17) is 19.9 Å². The first-order valence-electron chi connectivity index (χ1n) is 21.2. The van der Waals surface area contributed by atoms with E-state index in [0.717, 1.165) is 47.1 Å². The quantitative estimate of drug-likeness (QED) is 0.0583. The second kappa shape index (κ2) is 21.4. The number of rotatable bonds is 22. The smallest absolute Gasteiger partial charge is 0.164 e. The Bertz CT molecular complexity index is 1660. The predicted octanol–water partition coefficient (Wildman–Crippen LogP) is 14.0. The van der Waals surface area contributed by atoms with E-state index in [-0.39, 0.29) is 30.9 Å². The normalized spacial score (nSPS) is 13.1.